The van der Waals surface area contributed by atoms with Gasteiger partial charge in [-0.05, 0) is 44.0 Å². The van der Waals surface area contributed by atoms with E-state index in [9.17, 15) is 13.5 Å². The van der Waals surface area contributed by atoms with E-state index in [4.69, 9.17) is 0 Å². The molecule has 1 aromatic carbocycles. The quantitative estimate of drug-likeness (QED) is 0.884. The fourth-order valence-corrected chi connectivity index (χ4v) is 5.20. The van der Waals surface area contributed by atoms with Crippen LogP contribution in [-0.2, 0) is 16.4 Å². The van der Waals surface area contributed by atoms with Crippen LogP contribution < -0.4 is 5.32 Å². The summed E-state index contributed by atoms with van der Waals surface area (Å²) in [4.78, 5) is 4.23. The number of nitrogens with zero attached hydrogens (tertiary/aromatic N) is 2. The van der Waals surface area contributed by atoms with Gasteiger partial charge in [0.05, 0.1) is 4.90 Å². The van der Waals surface area contributed by atoms with Gasteiger partial charge in [-0.15, -0.1) is 0 Å². The SMILES string of the molecule is CCc1cnc(O)c2cccc(S(=O)(=O)N3CCCNC[C@H]3C)c12. The molecule has 1 aliphatic heterocycles. The molecule has 0 aliphatic carbocycles. The van der Waals surface area contributed by atoms with E-state index >= 15 is 0 Å². The van der Waals surface area contributed by atoms with E-state index < -0.39 is 10.0 Å². The van der Waals surface area contributed by atoms with Crippen molar-refractivity contribution >= 4 is 20.8 Å². The predicted octanol–water partition coefficient (Wildman–Crippen LogP) is 1.88. The largest absolute Gasteiger partial charge is 0.493 e. The van der Waals surface area contributed by atoms with E-state index in [0.717, 1.165) is 18.5 Å². The molecule has 1 aliphatic rings. The topological polar surface area (TPSA) is 82.5 Å². The Morgan fingerprint density at radius 2 is 2.21 bits per heavy atom. The van der Waals surface area contributed by atoms with Crippen LogP contribution in [0.25, 0.3) is 10.8 Å². The number of aromatic nitrogens is 1. The monoisotopic (exact) mass is 349 g/mol. The fourth-order valence-electron chi connectivity index (χ4n) is 3.28. The summed E-state index contributed by atoms with van der Waals surface area (Å²) in [5, 5.41) is 14.4. The van der Waals surface area contributed by atoms with Crippen molar-refractivity contribution < 1.29 is 13.5 Å². The normalized spacial score (nSPS) is 20.2. The lowest BCUT2D eigenvalue weighted by Gasteiger charge is -2.27. The first-order chi connectivity index (χ1) is 11.5. The van der Waals surface area contributed by atoms with Crippen LogP contribution in [-0.4, -0.2) is 48.5 Å². The lowest BCUT2D eigenvalue weighted by Crippen LogP contribution is -2.41. The number of hydrogen-bond donors (Lipinski definition) is 2. The molecule has 2 N–H and O–H groups in total. The maximum absolute atomic E-state index is 13.3. The van der Waals surface area contributed by atoms with Gasteiger partial charge in [-0.25, -0.2) is 13.4 Å². The Morgan fingerprint density at radius 3 is 2.96 bits per heavy atom. The summed E-state index contributed by atoms with van der Waals surface area (Å²) in [5.74, 6) is -0.134. The molecule has 1 atom stereocenters. The number of aromatic hydroxyl groups is 1. The van der Waals surface area contributed by atoms with Crippen LogP contribution in [0.2, 0.25) is 0 Å². The third-order valence-electron chi connectivity index (χ3n) is 4.56. The average molecular weight is 349 g/mol. The Morgan fingerprint density at radius 1 is 1.42 bits per heavy atom. The van der Waals surface area contributed by atoms with Gasteiger partial charge in [0.15, 0.2) is 0 Å². The third kappa shape index (κ3) is 2.87. The molecule has 0 spiro atoms. The Bertz CT molecular complexity index is 852. The Kier molecular flexibility index (Phi) is 4.76. The zero-order valence-electron chi connectivity index (χ0n) is 14.0. The van der Waals surface area contributed by atoms with Crippen LogP contribution in [0.5, 0.6) is 5.88 Å². The first kappa shape index (κ1) is 17.1. The molecule has 6 nitrogen and oxygen atoms in total. The molecule has 2 heterocycles. The van der Waals surface area contributed by atoms with Crippen LogP contribution in [0, 0.1) is 0 Å². The highest BCUT2D eigenvalue weighted by Gasteiger charge is 2.32. The molecule has 1 fully saturated rings. The highest BCUT2D eigenvalue weighted by atomic mass is 32.2. The minimum Gasteiger partial charge on any atom is -0.493 e. The standard InChI is InChI=1S/C17H23N3O3S/c1-3-13-11-19-17(21)14-6-4-7-15(16(13)14)24(22,23)20-9-5-8-18-10-12(20)2/h4,6-7,11-12,18H,3,5,8-10H2,1-2H3,(H,19,21)/t12-/m1/s1. The summed E-state index contributed by atoms with van der Waals surface area (Å²) < 4.78 is 28.2. The maximum atomic E-state index is 13.3. The van der Waals surface area contributed by atoms with E-state index in [1.165, 1.54) is 0 Å². The molecule has 2 aromatic rings. The number of fused-ring (bicyclic) bond motifs is 1. The third-order valence-corrected chi connectivity index (χ3v) is 6.62. The molecule has 0 unspecified atom stereocenters. The number of nitrogens with one attached hydrogen (secondary N) is 1. The van der Waals surface area contributed by atoms with E-state index in [2.05, 4.69) is 10.3 Å². The molecule has 0 amide bonds. The molecular formula is C17H23N3O3S. The highest BCUT2D eigenvalue weighted by Crippen LogP contribution is 2.33. The minimum atomic E-state index is -3.66. The Labute approximate surface area is 142 Å². The average Bonchev–Trinajstić information content (AvgIpc) is 2.80. The summed E-state index contributed by atoms with van der Waals surface area (Å²) in [6.07, 6.45) is 2.99. The van der Waals surface area contributed by atoms with Crippen LogP contribution in [0.15, 0.2) is 29.3 Å². The van der Waals surface area contributed by atoms with Crippen molar-refractivity contribution in [3.8, 4) is 5.88 Å². The Balaban J connectivity index is 2.23. The molecule has 7 heteroatoms. The van der Waals surface area contributed by atoms with Gasteiger partial charge in [0.1, 0.15) is 0 Å². The first-order valence-electron chi connectivity index (χ1n) is 8.29. The van der Waals surface area contributed by atoms with E-state index in [1.807, 2.05) is 13.8 Å². The number of aryl methyl sites for hydroxylation is 1. The van der Waals surface area contributed by atoms with Crippen LogP contribution in [0.1, 0.15) is 25.8 Å². The molecule has 0 bridgehead atoms. The maximum Gasteiger partial charge on any atom is 0.243 e. The molecule has 3 rings (SSSR count). The highest BCUT2D eigenvalue weighted by molar-refractivity contribution is 7.89. The predicted molar refractivity (Wildman–Crippen MR) is 93.6 cm³/mol. The molecule has 0 radical (unpaired) electrons. The number of benzene rings is 1. The van der Waals surface area contributed by atoms with Crippen molar-refractivity contribution in [3.05, 3.63) is 30.0 Å². The molecule has 130 valence electrons. The van der Waals surface area contributed by atoms with Gasteiger partial charge in [-0.3, -0.25) is 0 Å². The minimum absolute atomic E-state index is 0.117. The molecule has 1 saturated heterocycles. The summed E-state index contributed by atoms with van der Waals surface area (Å²) in [7, 11) is -3.66. The zero-order chi connectivity index (χ0) is 17.3. The van der Waals surface area contributed by atoms with Crippen LogP contribution in [0.3, 0.4) is 0 Å². The van der Waals surface area contributed by atoms with Gasteiger partial charge in [-0.1, -0.05) is 13.0 Å². The molecule has 1 aromatic heterocycles. The number of rotatable bonds is 3. The van der Waals surface area contributed by atoms with Gasteiger partial charge in [-0.2, -0.15) is 4.31 Å². The van der Waals surface area contributed by atoms with Crippen LogP contribution >= 0.6 is 0 Å². The van der Waals surface area contributed by atoms with Gasteiger partial charge in [0, 0.05) is 36.1 Å². The van der Waals surface area contributed by atoms with Gasteiger partial charge in [0.2, 0.25) is 15.9 Å². The fraction of sp³-hybridized carbons (Fsp3) is 0.471. The number of pyridine rings is 1. The summed E-state index contributed by atoms with van der Waals surface area (Å²) in [6, 6.07) is 4.88. The van der Waals surface area contributed by atoms with Crippen molar-refractivity contribution in [3.63, 3.8) is 0 Å². The second-order valence-corrected chi connectivity index (χ2v) is 8.02. The van der Waals surface area contributed by atoms with Gasteiger partial charge < -0.3 is 10.4 Å². The summed E-state index contributed by atoms with van der Waals surface area (Å²) in [5.41, 5.74) is 0.822. The number of sulfonamides is 1. The van der Waals surface area contributed by atoms with Gasteiger partial charge in [0.25, 0.3) is 0 Å². The van der Waals surface area contributed by atoms with E-state index in [1.54, 1.807) is 28.7 Å². The van der Waals surface area contributed by atoms with Crippen molar-refractivity contribution in [1.29, 1.82) is 0 Å². The van der Waals surface area contributed by atoms with E-state index in [-0.39, 0.29) is 16.8 Å². The summed E-state index contributed by atoms with van der Waals surface area (Å²) in [6.45, 7) is 5.82. The first-order valence-corrected chi connectivity index (χ1v) is 9.73. The summed E-state index contributed by atoms with van der Waals surface area (Å²) >= 11 is 0. The van der Waals surface area contributed by atoms with Crippen molar-refractivity contribution in [2.24, 2.45) is 0 Å². The molecular weight excluding hydrogens is 326 g/mol. The zero-order valence-corrected chi connectivity index (χ0v) is 14.8. The second-order valence-electron chi connectivity index (χ2n) is 6.16. The molecule has 0 saturated carbocycles. The van der Waals surface area contributed by atoms with E-state index in [0.29, 0.717) is 30.3 Å². The molecule has 24 heavy (non-hydrogen) atoms. The van der Waals surface area contributed by atoms with Crippen molar-refractivity contribution in [2.75, 3.05) is 19.6 Å². The Hall–Kier alpha value is -1.70. The second kappa shape index (κ2) is 6.66. The van der Waals surface area contributed by atoms with Crippen molar-refractivity contribution in [1.82, 2.24) is 14.6 Å². The lowest BCUT2D eigenvalue weighted by molar-refractivity contribution is 0.353. The number of hydrogen-bond acceptors (Lipinski definition) is 5. The van der Waals surface area contributed by atoms with Crippen molar-refractivity contribution in [2.45, 2.75) is 37.6 Å². The van der Waals surface area contributed by atoms with Gasteiger partial charge >= 0.3 is 0 Å². The lowest BCUT2D eigenvalue weighted by atomic mass is 10.1. The van der Waals surface area contributed by atoms with Crippen LogP contribution in [0.4, 0.5) is 0 Å². The smallest absolute Gasteiger partial charge is 0.243 e.